The van der Waals surface area contributed by atoms with Gasteiger partial charge in [-0.05, 0) is 52.6 Å². The van der Waals surface area contributed by atoms with Crippen LogP contribution in [0.4, 0.5) is 0 Å². The molecule has 0 radical (unpaired) electrons. The van der Waals surface area contributed by atoms with E-state index >= 15 is 0 Å². The minimum absolute atomic E-state index is 0. The van der Waals surface area contributed by atoms with Crippen LogP contribution in [-0.4, -0.2) is 57.2 Å². The van der Waals surface area contributed by atoms with Crippen LogP contribution in [0.1, 0.15) is 34.1 Å². The Labute approximate surface area is 201 Å². The number of ether oxygens (including phenoxy) is 2. The maximum atomic E-state index is 5.46. The van der Waals surface area contributed by atoms with Gasteiger partial charge in [-0.1, -0.05) is 6.07 Å². The molecule has 1 aromatic carbocycles. The van der Waals surface area contributed by atoms with Gasteiger partial charge in [-0.25, -0.2) is 9.98 Å². The van der Waals surface area contributed by atoms with E-state index in [-0.39, 0.29) is 30.0 Å². The third-order valence-electron chi connectivity index (χ3n) is 4.67. The number of guanidine groups is 1. The quantitative estimate of drug-likeness (QED) is 0.283. The van der Waals surface area contributed by atoms with Crippen molar-refractivity contribution in [1.29, 1.82) is 0 Å². The van der Waals surface area contributed by atoms with Crippen molar-refractivity contribution in [2.75, 3.05) is 41.4 Å². The largest absolute Gasteiger partial charge is 0.493 e. The number of aromatic nitrogens is 1. The van der Waals surface area contributed by atoms with E-state index in [1.807, 2.05) is 19.1 Å². The summed E-state index contributed by atoms with van der Waals surface area (Å²) < 4.78 is 10.8. The van der Waals surface area contributed by atoms with Crippen LogP contribution < -0.4 is 20.1 Å². The Kier molecular flexibility index (Phi) is 11.4. The highest BCUT2D eigenvalue weighted by Gasteiger charge is 2.17. The van der Waals surface area contributed by atoms with Gasteiger partial charge in [-0.3, -0.25) is 0 Å². The molecule has 0 aliphatic heterocycles. The van der Waals surface area contributed by atoms with E-state index in [1.165, 1.54) is 4.88 Å². The van der Waals surface area contributed by atoms with E-state index in [9.17, 15) is 0 Å². The van der Waals surface area contributed by atoms with Crippen LogP contribution in [0.2, 0.25) is 0 Å². The van der Waals surface area contributed by atoms with Crippen LogP contribution in [0.25, 0.3) is 0 Å². The summed E-state index contributed by atoms with van der Waals surface area (Å²) in [5.41, 5.74) is 2.22. The van der Waals surface area contributed by atoms with Crippen LogP contribution in [0.3, 0.4) is 0 Å². The van der Waals surface area contributed by atoms with E-state index in [2.05, 4.69) is 54.5 Å². The SMILES string of the molecule is CCNC(=NCc1nc(C)c(C)s1)NCC(c1ccc(OC)c(OC)c1)N(C)C.I. The molecule has 7 nitrogen and oxygen atoms in total. The van der Waals surface area contributed by atoms with Gasteiger partial charge in [0.25, 0.3) is 0 Å². The van der Waals surface area contributed by atoms with E-state index in [1.54, 1.807) is 25.6 Å². The zero-order chi connectivity index (χ0) is 21.4. The van der Waals surface area contributed by atoms with Crippen molar-refractivity contribution in [2.24, 2.45) is 4.99 Å². The number of aliphatic imine (C=N–C) groups is 1. The van der Waals surface area contributed by atoms with Crippen molar-refractivity contribution in [3.05, 3.63) is 39.3 Å². The molecule has 0 saturated carbocycles. The average molecular weight is 548 g/mol. The van der Waals surface area contributed by atoms with E-state index in [0.717, 1.165) is 40.3 Å². The number of nitrogens with one attached hydrogen (secondary N) is 2. The molecule has 1 atom stereocenters. The van der Waals surface area contributed by atoms with Gasteiger partial charge in [0, 0.05) is 18.0 Å². The Bertz CT molecular complexity index is 806. The van der Waals surface area contributed by atoms with Crippen LogP contribution in [-0.2, 0) is 6.54 Å². The normalized spacial score (nSPS) is 12.3. The number of benzene rings is 1. The van der Waals surface area contributed by atoms with Crippen LogP contribution in [0.15, 0.2) is 23.2 Å². The predicted octanol–water partition coefficient (Wildman–Crippen LogP) is 3.75. The van der Waals surface area contributed by atoms with Crippen molar-refractivity contribution in [2.45, 2.75) is 33.4 Å². The number of likely N-dealkylation sites (N-methyl/N-ethyl adjacent to an activating group) is 1. The van der Waals surface area contributed by atoms with E-state index in [0.29, 0.717) is 13.1 Å². The highest BCUT2D eigenvalue weighted by Crippen LogP contribution is 2.31. The van der Waals surface area contributed by atoms with Crippen molar-refractivity contribution >= 4 is 41.3 Å². The molecule has 1 unspecified atom stereocenters. The summed E-state index contributed by atoms with van der Waals surface area (Å²) in [6.07, 6.45) is 0. The monoisotopic (exact) mass is 547 g/mol. The topological polar surface area (TPSA) is 71.0 Å². The highest BCUT2D eigenvalue weighted by molar-refractivity contribution is 14.0. The fraction of sp³-hybridized carbons (Fsp3) is 0.524. The predicted molar refractivity (Wildman–Crippen MR) is 136 cm³/mol. The Morgan fingerprint density at radius 1 is 1.17 bits per heavy atom. The molecular formula is C21H34IN5O2S. The average Bonchev–Trinajstić information content (AvgIpc) is 3.03. The first kappa shape index (κ1) is 26.4. The molecule has 0 bridgehead atoms. The minimum Gasteiger partial charge on any atom is -0.493 e. The second-order valence-corrected chi connectivity index (χ2v) is 8.21. The lowest BCUT2D eigenvalue weighted by molar-refractivity contribution is 0.295. The van der Waals surface area contributed by atoms with Gasteiger partial charge < -0.3 is 25.0 Å². The molecule has 0 aliphatic rings. The molecule has 30 heavy (non-hydrogen) atoms. The van der Waals surface area contributed by atoms with Crippen LogP contribution in [0.5, 0.6) is 11.5 Å². The molecule has 168 valence electrons. The fourth-order valence-electron chi connectivity index (χ4n) is 2.95. The molecule has 9 heteroatoms. The summed E-state index contributed by atoms with van der Waals surface area (Å²) >= 11 is 1.70. The number of rotatable bonds is 9. The fourth-order valence-corrected chi connectivity index (χ4v) is 3.81. The molecule has 2 aromatic rings. The zero-order valence-corrected chi connectivity index (χ0v) is 22.1. The maximum absolute atomic E-state index is 5.46. The van der Waals surface area contributed by atoms with Gasteiger partial charge in [-0.2, -0.15) is 0 Å². The molecule has 0 amide bonds. The number of hydrogen-bond acceptors (Lipinski definition) is 6. The number of methoxy groups -OCH3 is 2. The standard InChI is InChI=1S/C21H33N5O2S.HI/c1-8-22-21(24-13-20-25-14(2)15(3)29-20)23-12-17(26(4)5)16-9-10-18(27-6)19(11-16)28-7;/h9-11,17H,8,12-13H2,1-7H3,(H2,22,23,24);1H. The van der Waals surface area contributed by atoms with E-state index < -0.39 is 0 Å². The first-order valence-electron chi connectivity index (χ1n) is 9.73. The Hall–Kier alpha value is -1.59. The number of hydrogen-bond donors (Lipinski definition) is 2. The number of nitrogens with zero attached hydrogens (tertiary/aromatic N) is 3. The highest BCUT2D eigenvalue weighted by atomic mass is 127. The van der Waals surface area contributed by atoms with Gasteiger partial charge in [0.05, 0.1) is 32.5 Å². The van der Waals surface area contributed by atoms with Crippen molar-refractivity contribution < 1.29 is 9.47 Å². The summed E-state index contributed by atoms with van der Waals surface area (Å²) in [5.74, 6) is 2.24. The van der Waals surface area contributed by atoms with Gasteiger partial charge >= 0.3 is 0 Å². The molecule has 0 fully saturated rings. The molecule has 0 saturated heterocycles. The first-order chi connectivity index (χ1) is 13.9. The van der Waals surface area contributed by atoms with Gasteiger partial charge in [0.15, 0.2) is 17.5 Å². The minimum atomic E-state index is 0. The summed E-state index contributed by atoms with van der Waals surface area (Å²) in [5, 5.41) is 7.80. The summed E-state index contributed by atoms with van der Waals surface area (Å²) in [6.45, 7) is 8.25. The van der Waals surface area contributed by atoms with Gasteiger partial charge in [0.1, 0.15) is 5.01 Å². The molecule has 1 heterocycles. The van der Waals surface area contributed by atoms with Gasteiger partial charge in [0.2, 0.25) is 0 Å². The van der Waals surface area contributed by atoms with Crippen molar-refractivity contribution in [1.82, 2.24) is 20.5 Å². The van der Waals surface area contributed by atoms with Gasteiger partial charge in [-0.15, -0.1) is 35.3 Å². The Balaban J connectivity index is 0.00000450. The first-order valence-corrected chi connectivity index (χ1v) is 10.5. The second kappa shape index (κ2) is 13.0. The summed E-state index contributed by atoms with van der Waals surface area (Å²) in [6, 6.07) is 6.18. The molecule has 2 N–H and O–H groups in total. The molecule has 1 aromatic heterocycles. The third kappa shape index (κ3) is 7.28. The second-order valence-electron chi connectivity index (χ2n) is 6.92. The molecular weight excluding hydrogens is 513 g/mol. The molecule has 2 rings (SSSR count). The third-order valence-corrected chi connectivity index (χ3v) is 5.73. The number of aryl methyl sites for hydroxylation is 2. The summed E-state index contributed by atoms with van der Waals surface area (Å²) in [4.78, 5) is 12.7. The smallest absolute Gasteiger partial charge is 0.191 e. The number of thiazole rings is 1. The number of halogens is 1. The Morgan fingerprint density at radius 3 is 2.40 bits per heavy atom. The van der Waals surface area contributed by atoms with Crippen molar-refractivity contribution in [3.63, 3.8) is 0 Å². The molecule has 0 aliphatic carbocycles. The lowest BCUT2D eigenvalue weighted by atomic mass is 10.1. The van der Waals surface area contributed by atoms with Crippen LogP contribution >= 0.6 is 35.3 Å². The lowest BCUT2D eigenvalue weighted by Crippen LogP contribution is -2.41. The lowest BCUT2D eigenvalue weighted by Gasteiger charge is -2.26. The van der Waals surface area contributed by atoms with Crippen LogP contribution in [0, 0.1) is 13.8 Å². The zero-order valence-electron chi connectivity index (χ0n) is 18.9. The van der Waals surface area contributed by atoms with E-state index in [4.69, 9.17) is 14.5 Å². The Morgan fingerprint density at radius 2 is 1.87 bits per heavy atom. The molecule has 0 spiro atoms. The summed E-state index contributed by atoms with van der Waals surface area (Å²) in [7, 11) is 7.43. The maximum Gasteiger partial charge on any atom is 0.191 e. The van der Waals surface area contributed by atoms with Crippen molar-refractivity contribution in [3.8, 4) is 11.5 Å².